The molecular weight excluding hydrogens is 210 g/mol. The van der Waals surface area contributed by atoms with Crippen molar-refractivity contribution in [2.45, 2.75) is 57.5 Å². The lowest BCUT2D eigenvalue weighted by Crippen LogP contribution is -2.51. The van der Waals surface area contributed by atoms with Crippen LogP contribution in [0.2, 0.25) is 0 Å². The highest BCUT2D eigenvalue weighted by Gasteiger charge is 2.22. The Morgan fingerprint density at radius 1 is 1.18 bits per heavy atom. The van der Waals surface area contributed by atoms with E-state index in [1.807, 2.05) is 0 Å². The first-order valence-corrected chi connectivity index (χ1v) is 7.57. The number of unbranched alkanes of at least 4 members (excludes halogenated alkanes) is 1. The normalized spacial score (nSPS) is 28.4. The van der Waals surface area contributed by atoms with E-state index in [1.54, 1.807) is 0 Å². The second-order valence-corrected chi connectivity index (χ2v) is 5.68. The van der Waals surface area contributed by atoms with Crippen molar-refractivity contribution in [3.8, 4) is 0 Å². The molecule has 2 N–H and O–H groups in total. The molecule has 1 unspecified atom stereocenters. The van der Waals surface area contributed by atoms with Gasteiger partial charge in [0.05, 0.1) is 0 Å². The van der Waals surface area contributed by atoms with Crippen molar-refractivity contribution < 1.29 is 0 Å². The first-order chi connectivity index (χ1) is 8.38. The van der Waals surface area contributed by atoms with E-state index >= 15 is 0 Å². The third kappa shape index (κ3) is 4.57. The van der Waals surface area contributed by atoms with Crippen LogP contribution >= 0.6 is 0 Å². The zero-order valence-electron chi connectivity index (χ0n) is 11.4. The van der Waals surface area contributed by atoms with E-state index in [0.717, 1.165) is 12.1 Å². The number of piperidine rings is 2. The van der Waals surface area contributed by atoms with E-state index < -0.39 is 0 Å². The van der Waals surface area contributed by atoms with E-state index in [9.17, 15) is 0 Å². The van der Waals surface area contributed by atoms with Crippen LogP contribution in [0.4, 0.5) is 0 Å². The minimum absolute atomic E-state index is 0.732. The zero-order chi connectivity index (χ0) is 11.9. The van der Waals surface area contributed by atoms with Crippen molar-refractivity contribution in [2.75, 3.05) is 32.7 Å². The van der Waals surface area contributed by atoms with Gasteiger partial charge >= 0.3 is 0 Å². The molecule has 100 valence electrons. The van der Waals surface area contributed by atoms with Gasteiger partial charge in [0.15, 0.2) is 0 Å². The summed E-state index contributed by atoms with van der Waals surface area (Å²) in [6, 6.07) is 1.51. The molecule has 0 saturated carbocycles. The molecule has 17 heavy (non-hydrogen) atoms. The van der Waals surface area contributed by atoms with Gasteiger partial charge in [0.1, 0.15) is 0 Å². The van der Waals surface area contributed by atoms with E-state index in [4.69, 9.17) is 0 Å². The minimum Gasteiger partial charge on any atom is -0.315 e. The summed E-state index contributed by atoms with van der Waals surface area (Å²) >= 11 is 0. The maximum absolute atomic E-state index is 3.85. The molecule has 2 heterocycles. The summed E-state index contributed by atoms with van der Waals surface area (Å²) in [4.78, 5) is 2.64. The molecule has 2 rings (SSSR count). The van der Waals surface area contributed by atoms with E-state index in [-0.39, 0.29) is 0 Å². The monoisotopic (exact) mass is 239 g/mol. The molecule has 0 spiro atoms. The third-order valence-corrected chi connectivity index (χ3v) is 4.18. The lowest BCUT2D eigenvalue weighted by molar-refractivity contribution is 0.184. The summed E-state index contributed by atoms with van der Waals surface area (Å²) in [7, 11) is 0. The fourth-order valence-electron chi connectivity index (χ4n) is 3.03. The predicted molar refractivity (Wildman–Crippen MR) is 73.4 cm³/mol. The molecule has 0 radical (unpaired) electrons. The van der Waals surface area contributed by atoms with Crippen LogP contribution in [0.3, 0.4) is 0 Å². The minimum atomic E-state index is 0.732. The van der Waals surface area contributed by atoms with E-state index in [0.29, 0.717) is 0 Å². The van der Waals surface area contributed by atoms with Crippen molar-refractivity contribution in [1.29, 1.82) is 0 Å². The SMILES string of the molecule is CCCCN1CCC(NC2CCCNC2)CC1. The van der Waals surface area contributed by atoms with E-state index in [1.165, 1.54) is 71.2 Å². The molecular formula is C14H29N3. The number of likely N-dealkylation sites (tertiary alicyclic amines) is 1. The standard InChI is InChI=1S/C14H29N3/c1-2-3-9-17-10-6-13(7-11-17)16-14-5-4-8-15-12-14/h13-16H,2-12H2,1H3. The molecule has 0 aromatic rings. The zero-order valence-corrected chi connectivity index (χ0v) is 11.4. The molecule has 2 aliphatic rings. The second kappa shape index (κ2) is 7.34. The van der Waals surface area contributed by atoms with Crippen LogP contribution in [0.1, 0.15) is 45.4 Å². The second-order valence-electron chi connectivity index (χ2n) is 5.68. The molecule has 0 aliphatic carbocycles. The fraction of sp³-hybridized carbons (Fsp3) is 1.00. The predicted octanol–water partition coefficient (Wildman–Crippen LogP) is 1.59. The van der Waals surface area contributed by atoms with Gasteiger partial charge < -0.3 is 15.5 Å². The van der Waals surface area contributed by atoms with Crippen LogP contribution in [0.5, 0.6) is 0 Å². The van der Waals surface area contributed by atoms with Crippen LogP contribution in [-0.2, 0) is 0 Å². The first-order valence-electron chi connectivity index (χ1n) is 7.57. The highest BCUT2D eigenvalue weighted by molar-refractivity contribution is 4.83. The number of rotatable bonds is 5. The highest BCUT2D eigenvalue weighted by atomic mass is 15.1. The Bertz CT molecular complexity index is 194. The topological polar surface area (TPSA) is 27.3 Å². The first kappa shape index (κ1) is 13.3. The van der Waals surface area contributed by atoms with Crippen LogP contribution < -0.4 is 10.6 Å². The lowest BCUT2D eigenvalue weighted by atomic mass is 10.0. The van der Waals surface area contributed by atoms with Crippen LogP contribution in [-0.4, -0.2) is 49.7 Å². The molecule has 2 fully saturated rings. The summed E-state index contributed by atoms with van der Waals surface area (Å²) < 4.78 is 0. The van der Waals surface area contributed by atoms with Crippen molar-refractivity contribution in [1.82, 2.24) is 15.5 Å². The number of nitrogens with one attached hydrogen (secondary N) is 2. The summed E-state index contributed by atoms with van der Waals surface area (Å²) in [5, 5.41) is 7.33. The van der Waals surface area contributed by atoms with Crippen LogP contribution in [0.15, 0.2) is 0 Å². The molecule has 1 atom stereocenters. The Balaban J connectivity index is 1.61. The molecule has 3 heteroatoms. The average molecular weight is 239 g/mol. The van der Waals surface area contributed by atoms with Gasteiger partial charge in [0, 0.05) is 18.6 Å². The van der Waals surface area contributed by atoms with E-state index in [2.05, 4.69) is 22.5 Å². The van der Waals surface area contributed by atoms with Gasteiger partial charge in [-0.05, 0) is 58.3 Å². The largest absolute Gasteiger partial charge is 0.315 e. The van der Waals surface area contributed by atoms with Crippen LogP contribution in [0, 0.1) is 0 Å². The van der Waals surface area contributed by atoms with Gasteiger partial charge in [-0.25, -0.2) is 0 Å². The summed E-state index contributed by atoms with van der Waals surface area (Å²) in [6.45, 7) is 8.60. The Hall–Kier alpha value is -0.120. The quantitative estimate of drug-likeness (QED) is 0.763. The molecule has 0 bridgehead atoms. The number of hydrogen-bond donors (Lipinski definition) is 2. The van der Waals surface area contributed by atoms with Gasteiger partial charge in [-0.2, -0.15) is 0 Å². The lowest BCUT2D eigenvalue weighted by Gasteiger charge is -2.35. The molecule has 0 amide bonds. The van der Waals surface area contributed by atoms with Crippen molar-refractivity contribution in [3.63, 3.8) is 0 Å². The number of hydrogen-bond acceptors (Lipinski definition) is 3. The molecule has 2 aliphatic heterocycles. The van der Waals surface area contributed by atoms with Crippen molar-refractivity contribution >= 4 is 0 Å². The Morgan fingerprint density at radius 2 is 2.00 bits per heavy atom. The smallest absolute Gasteiger partial charge is 0.0195 e. The van der Waals surface area contributed by atoms with Gasteiger partial charge in [0.2, 0.25) is 0 Å². The van der Waals surface area contributed by atoms with Gasteiger partial charge in [0.25, 0.3) is 0 Å². The van der Waals surface area contributed by atoms with Crippen molar-refractivity contribution in [2.24, 2.45) is 0 Å². The average Bonchev–Trinajstić information content (AvgIpc) is 2.39. The summed E-state index contributed by atoms with van der Waals surface area (Å²) in [5.41, 5.74) is 0. The Morgan fingerprint density at radius 3 is 2.65 bits per heavy atom. The Kier molecular flexibility index (Phi) is 5.75. The summed E-state index contributed by atoms with van der Waals surface area (Å²) in [6.07, 6.45) is 8.09. The molecule has 3 nitrogen and oxygen atoms in total. The maximum atomic E-state index is 3.85. The van der Waals surface area contributed by atoms with Gasteiger partial charge in [-0.3, -0.25) is 0 Å². The van der Waals surface area contributed by atoms with Crippen molar-refractivity contribution in [3.05, 3.63) is 0 Å². The Labute approximate surface area is 106 Å². The van der Waals surface area contributed by atoms with Crippen LogP contribution in [0.25, 0.3) is 0 Å². The molecule has 2 saturated heterocycles. The van der Waals surface area contributed by atoms with Gasteiger partial charge in [-0.1, -0.05) is 13.3 Å². The highest BCUT2D eigenvalue weighted by Crippen LogP contribution is 2.13. The summed E-state index contributed by atoms with van der Waals surface area (Å²) in [5.74, 6) is 0. The maximum Gasteiger partial charge on any atom is 0.0195 e. The fourth-order valence-corrected chi connectivity index (χ4v) is 3.03. The number of nitrogens with zero attached hydrogens (tertiary/aromatic N) is 1. The van der Waals surface area contributed by atoms with Gasteiger partial charge in [-0.15, -0.1) is 0 Å². The third-order valence-electron chi connectivity index (χ3n) is 4.18. The molecule has 0 aromatic heterocycles. The molecule has 0 aromatic carbocycles.